The number of sulfonamides is 1. The zero-order valence-corrected chi connectivity index (χ0v) is 12.4. The SMILES string of the molecule is CCOc1ccccc1-c1nnc(S(N)(=O)=O)n1C1CC1. The molecule has 0 bridgehead atoms. The molecule has 1 fully saturated rings. The normalized spacial score (nSPS) is 15.1. The Bertz CT molecular complexity index is 765. The van der Waals surface area contributed by atoms with Crippen molar-refractivity contribution in [1.82, 2.24) is 14.8 Å². The second-order valence-corrected chi connectivity index (χ2v) is 6.34. The Balaban J connectivity index is 2.18. The lowest BCUT2D eigenvalue weighted by atomic mass is 10.2. The Morgan fingerprint density at radius 2 is 2.05 bits per heavy atom. The maximum atomic E-state index is 11.7. The van der Waals surface area contributed by atoms with E-state index in [-0.39, 0.29) is 11.2 Å². The highest BCUT2D eigenvalue weighted by Gasteiger charge is 2.34. The number of primary sulfonamides is 1. The van der Waals surface area contributed by atoms with Crippen LogP contribution >= 0.6 is 0 Å². The van der Waals surface area contributed by atoms with Crippen molar-refractivity contribution in [3.63, 3.8) is 0 Å². The van der Waals surface area contributed by atoms with Crippen molar-refractivity contribution >= 4 is 10.0 Å². The molecule has 1 heterocycles. The van der Waals surface area contributed by atoms with Crippen LogP contribution in [0.25, 0.3) is 11.4 Å². The lowest BCUT2D eigenvalue weighted by molar-refractivity contribution is 0.341. The van der Waals surface area contributed by atoms with Gasteiger partial charge >= 0.3 is 0 Å². The Morgan fingerprint density at radius 3 is 2.67 bits per heavy atom. The van der Waals surface area contributed by atoms with Crippen molar-refractivity contribution in [1.29, 1.82) is 0 Å². The predicted octanol–water partition coefficient (Wildman–Crippen LogP) is 1.33. The summed E-state index contributed by atoms with van der Waals surface area (Å²) in [6, 6.07) is 7.44. The summed E-state index contributed by atoms with van der Waals surface area (Å²) in [6.07, 6.45) is 1.79. The minimum Gasteiger partial charge on any atom is -0.493 e. The number of ether oxygens (including phenoxy) is 1. The van der Waals surface area contributed by atoms with Gasteiger partial charge in [0, 0.05) is 6.04 Å². The monoisotopic (exact) mass is 308 g/mol. The molecule has 1 aliphatic rings. The van der Waals surface area contributed by atoms with E-state index in [1.54, 1.807) is 4.57 Å². The fourth-order valence-electron chi connectivity index (χ4n) is 2.25. The molecule has 8 heteroatoms. The molecule has 1 aromatic heterocycles. The maximum Gasteiger partial charge on any atom is 0.273 e. The molecule has 0 radical (unpaired) electrons. The fourth-order valence-corrected chi connectivity index (χ4v) is 2.91. The molecule has 0 aliphatic heterocycles. The third-order valence-electron chi connectivity index (χ3n) is 3.26. The fraction of sp³-hybridized carbons (Fsp3) is 0.385. The van der Waals surface area contributed by atoms with E-state index in [0.29, 0.717) is 23.7 Å². The predicted molar refractivity (Wildman–Crippen MR) is 76.3 cm³/mol. The van der Waals surface area contributed by atoms with E-state index >= 15 is 0 Å². The summed E-state index contributed by atoms with van der Waals surface area (Å²) < 4.78 is 30.5. The number of rotatable bonds is 5. The van der Waals surface area contributed by atoms with Crippen LogP contribution in [0.3, 0.4) is 0 Å². The first-order valence-electron chi connectivity index (χ1n) is 6.72. The van der Waals surface area contributed by atoms with E-state index in [0.717, 1.165) is 12.8 Å². The summed E-state index contributed by atoms with van der Waals surface area (Å²) in [5.74, 6) is 1.13. The molecule has 21 heavy (non-hydrogen) atoms. The van der Waals surface area contributed by atoms with Gasteiger partial charge in [-0.1, -0.05) is 12.1 Å². The van der Waals surface area contributed by atoms with Gasteiger partial charge in [-0.05, 0) is 31.9 Å². The lowest BCUT2D eigenvalue weighted by Crippen LogP contribution is -2.18. The lowest BCUT2D eigenvalue weighted by Gasteiger charge is -2.11. The zero-order chi connectivity index (χ0) is 15.0. The van der Waals surface area contributed by atoms with Crippen molar-refractivity contribution in [3.8, 4) is 17.1 Å². The molecule has 112 valence electrons. The van der Waals surface area contributed by atoms with Gasteiger partial charge in [0.2, 0.25) is 0 Å². The van der Waals surface area contributed by atoms with Gasteiger partial charge in [0.1, 0.15) is 5.75 Å². The average molecular weight is 308 g/mol. The largest absolute Gasteiger partial charge is 0.493 e. The van der Waals surface area contributed by atoms with E-state index in [2.05, 4.69) is 10.2 Å². The number of para-hydroxylation sites is 1. The minimum absolute atomic E-state index is 0.0815. The maximum absolute atomic E-state index is 11.7. The van der Waals surface area contributed by atoms with Crippen LogP contribution in [0.1, 0.15) is 25.8 Å². The van der Waals surface area contributed by atoms with Crippen LogP contribution in [0, 0.1) is 0 Å². The van der Waals surface area contributed by atoms with Crippen molar-refractivity contribution in [2.45, 2.75) is 31.0 Å². The summed E-state index contributed by atoms with van der Waals surface area (Å²) in [6.45, 7) is 2.40. The molecule has 1 saturated carbocycles. The molecule has 1 aromatic carbocycles. The van der Waals surface area contributed by atoms with Gasteiger partial charge in [-0.15, -0.1) is 10.2 Å². The number of hydrogen-bond acceptors (Lipinski definition) is 5. The summed E-state index contributed by atoms with van der Waals surface area (Å²) in [5, 5.41) is 12.8. The summed E-state index contributed by atoms with van der Waals surface area (Å²) >= 11 is 0. The first-order valence-corrected chi connectivity index (χ1v) is 8.27. The van der Waals surface area contributed by atoms with Gasteiger partial charge in [0.25, 0.3) is 15.2 Å². The van der Waals surface area contributed by atoms with E-state index in [9.17, 15) is 8.42 Å². The molecular weight excluding hydrogens is 292 g/mol. The molecule has 1 aliphatic carbocycles. The van der Waals surface area contributed by atoms with Crippen LogP contribution < -0.4 is 9.88 Å². The van der Waals surface area contributed by atoms with E-state index in [1.807, 2.05) is 31.2 Å². The highest BCUT2D eigenvalue weighted by molar-refractivity contribution is 7.89. The number of aromatic nitrogens is 3. The first kappa shape index (κ1) is 14.0. The first-order chi connectivity index (χ1) is 10.0. The molecule has 7 nitrogen and oxygen atoms in total. The van der Waals surface area contributed by atoms with Crippen LogP contribution in [0.15, 0.2) is 29.4 Å². The van der Waals surface area contributed by atoms with Crippen LogP contribution in [0.2, 0.25) is 0 Å². The molecule has 3 rings (SSSR count). The highest BCUT2D eigenvalue weighted by Crippen LogP contribution is 2.41. The number of nitrogens with two attached hydrogens (primary N) is 1. The molecular formula is C13H16N4O3S. The molecule has 0 amide bonds. The molecule has 0 atom stereocenters. The van der Waals surface area contributed by atoms with Crippen molar-refractivity contribution < 1.29 is 13.2 Å². The van der Waals surface area contributed by atoms with Crippen LogP contribution in [-0.2, 0) is 10.0 Å². The van der Waals surface area contributed by atoms with Crippen molar-refractivity contribution in [3.05, 3.63) is 24.3 Å². The molecule has 2 aromatic rings. The molecule has 2 N–H and O–H groups in total. The highest BCUT2D eigenvalue weighted by atomic mass is 32.2. The van der Waals surface area contributed by atoms with Gasteiger partial charge in [-0.2, -0.15) is 0 Å². The number of nitrogens with zero attached hydrogens (tertiary/aromatic N) is 3. The summed E-state index contributed by atoms with van der Waals surface area (Å²) in [7, 11) is -3.90. The standard InChI is InChI=1S/C13H16N4O3S/c1-2-20-11-6-4-3-5-10(11)12-15-16-13(21(14,18)19)17(12)9-7-8-9/h3-6,9H,2,7-8H2,1H3,(H2,14,18,19). The van der Waals surface area contributed by atoms with Gasteiger partial charge in [0.05, 0.1) is 12.2 Å². The van der Waals surface area contributed by atoms with Gasteiger partial charge in [-0.25, -0.2) is 13.6 Å². The third kappa shape index (κ3) is 2.64. The Morgan fingerprint density at radius 1 is 1.33 bits per heavy atom. The minimum atomic E-state index is -3.90. The van der Waals surface area contributed by atoms with E-state index < -0.39 is 10.0 Å². The van der Waals surface area contributed by atoms with Gasteiger partial charge in [-0.3, -0.25) is 4.57 Å². The quantitative estimate of drug-likeness (QED) is 0.898. The smallest absolute Gasteiger partial charge is 0.273 e. The third-order valence-corrected chi connectivity index (χ3v) is 4.05. The number of benzene rings is 1. The summed E-state index contributed by atoms with van der Waals surface area (Å²) in [5.41, 5.74) is 0.716. The van der Waals surface area contributed by atoms with Crippen molar-refractivity contribution in [2.75, 3.05) is 6.61 Å². The molecule has 0 unspecified atom stereocenters. The van der Waals surface area contributed by atoms with Gasteiger partial charge in [0.15, 0.2) is 5.82 Å². The number of hydrogen-bond donors (Lipinski definition) is 1. The zero-order valence-electron chi connectivity index (χ0n) is 11.6. The van der Waals surface area contributed by atoms with E-state index in [4.69, 9.17) is 9.88 Å². The molecule has 0 spiro atoms. The van der Waals surface area contributed by atoms with Gasteiger partial charge < -0.3 is 4.74 Å². The van der Waals surface area contributed by atoms with E-state index in [1.165, 1.54) is 0 Å². The topological polar surface area (TPSA) is 100 Å². The average Bonchev–Trinajstić information content (AvgIpc) is 3.17. The van der Waals surface area contributed by atoms with Crippen LogP contribution in [0.4, 0.5) is 0 Å². The second-order valence-electron chi connectivity index (χ2n) is 4.88. The summed E-state index contributed by atoms with van der Waals surface area (Å²) in [4.78, 5) is 0. The van der Waals surface area contributed by atoms with Crippen LogP contribution in [-0.4, -0.2) is 29.8 Å². The molecule has 0 saturated heterocycles. The Kier molecular flexibility index (Phi) is 3.42. The van der Waals surface area contributed by atoms with Crippen molar-refractivity contribution in [2.24, 2.45) is 5.14 Å². The second kappa shape index (κ2) is 5.12. The Hall–Kier alpha value is -1.93. The Labute approximate surface area is 122 Å². The van der Waals surface area contributed by atoms with Crippen LogP contribution in [0.5, 0.6) is 5.75 Å².